The number of carbonyl (C=O) groups excluding carboxylic acids is 2. The number of hydrogen-bond acceptors (Lipinski definition) is 6. The number of nitrogens with one attached hydrogen (secondary N) is 2. The fourth-order valence-corrected chi connectivity index (χ4v) is 4.14. The minimum Gasteiger partial charge on any atom is -0.266 e. The minimum atomic E-state index is -0.393. The van der Waals surface area contributed by atoms with E-state index in [9.17, 15) is 9.59 Å². The molecule has 1 aliphatic carbocycles. The van der Waals surface area contributed by atoms with Gasteiger partial charge in [-0.1, -0.05) is 11.4 Å². The van der Waals surface area contributed by atoms with Crippen molar-refractivity contribution in [3.05, 3.63) is 32.0 Å². The van der Waals surface area contributed by atoms with Crippen LogP contribution < -0.4 is 10.9 Å². The van der Waals surface area contributed by atoms with Crippen molar-refractivity contribution < 1.29 is 9.59 Å². The molecule has 0 bridgehead atoms. The quantitative estimate of drug-likeness (QED) is 0.823. The van der Waals surface area contributed by atoms with Crippen LogP contribution in [0, 0.1) is 12.8 Å². The van der Waals surface area contributed by atoms with Crippen LogP contribution in [0.5, 0.6) is 0 Å². The van der Waals surface area contributed by atoms with Crippen LogP contribution in [0.4, 0.5) is 0 Å². The van der Waals surface area contributed by atoms with Gasteiger partial charge in [0.25, 0.3) is 11.8 Å². The summed E-state index contributed by atoms with van der Waals surface area (Å²) in [4.78, 5) is 26.4. The highest BCUT2D eigenvalue weighted by Gasteiger charge is 2.21. The lowest BCUT2D eigenvalue weighted by molar-refractivity contribution is 0.0850. The lowest BCUT2D eigenvalue weighted by Crippen LogP contribution is -2.41. The number of thiophene rings is 1. The summed E-state index contributed by atoms with van der Waals surface area (Å²) in [6, 6.07) is 1.94. The zero-order chi connectivity index (χ0) is 15.7. The first kappa shape index (κ1) is 15.1. The van der Waals surface area contributed by atoms with Gasteiger partial charge in [0.05, 0.1) is 10.6 Å². The topological polar surface area (TPSA) is 84.0 Å². The van der Waals surface area contributed by atoms with Gasteiger partial charge in [0.15, 0.2) is 0 Å². The molecule has 22 heavy (non-hydrogen) atoms. The number of fused-ring (bicyclic) bond motifs is 1. The van der Waals surface area contributed by atoms with Crippen LogP contribution >= 0.6 is 22.9 Å². The molecular formula is C14H16N4O2S2. The molecule has 3 rings (SSSR count). The minimum absolute atomic E-state index is 0.282. The summed E-state index contributed by atoms with van der Waals surface area (Å²) in [5, 5.41) is 3.77. The molecule has 0 aliphatic heterocycles. The Morgan fingerprint density at radius 1 is 1.32 bits per heavy atom. The molecule has 2 N–H and O–H groups in total. The number of amides is 2. The highest BCUT2D eigenvalue weighted by molar-refractivity contribution is 7.14. The molecule has 0 unspecified atom stereocenters. The van der Waals surface area contributed by atoms with Crippen LogP contribution in [-0.4, -0.2) is 21.4 Å². The summed E-state index contributed by atoms with van der Waals surface area (Å²) in [7, 11) is 0. The molecule has 0 saturated heterocycles. The second-order valence-electron chi connectivity index (χ2n) is 5.50. The monoisotopic (exact) mass is 336 g/mol. The van der Waals surface area contributed by atoms with Crippen LogP contribution in [0.2, 0.25) is 0 Å². The Morgan fingerprint density at radius 2 is 2.09 bits per heavy atom. The summed E-state index contributed by atoms with van der Waals surface area (Å²) in [5.41, 5.74) is 6.69. The SMILES string of the molecule is Cc1nnsc1C(=O)NNC(=O)c1cc2c(s1)CC[C@H](C)C2. The first-order valence-corrected chi connectivity index (χ1v) is 8.64. The lowest BCUT2D eigenvalue weighted by atomic mass is 9.90. The molecule has 2 amide bonds. The standard InChI is InChI=1S/C14H16N4O2S2/c1-7-3-4-10-9(5-7)6-11(21-10)13(19)16-17-14(20)12-8(2)15-18-22-12/h6-7H,3-5H2,1-2H3,(H,16,19)(H,17,20)/t7-/m0/s1. The largest absolute Gasteiger partial charge is 0.283 e. The average Bonchev–Trinajstić information content (AvgIpc) is 3.09. The molecule has 0 radical (unpaired) electrons. The van der Waals surface area contributed by atoms with Crippen LogP contribution in [0.25, 0.3) is 0 Å². The van der Waals surface area contributed by atoms with Crippen molar-refractivity contribution in [3.8, 4) is 0 Å². The predicted octanol–water partition coefficient (Wildman–Crippen LogP) is 2.11. The van der Waals surface area contributed by atoms with Gasteiger partial charge in [-0.25, -0.2) is 0 Å². The molecule has 0 saturated carbocycles. The third-order valence-electron chi connectivity index (χ3n) is 3.70. The zero-order valence-corrected chi connectivity index (χ0v) is 13.9. The van der Waals surface area contributed by atoms with Crippen LogP contribution in [0.1, 0.15) is 48.8 Å². The smallest absolute Gasteiger partial charge is 0.266 e. The van der Waals surface area contributed by atoms with E-state index in [1.54, 1.807) is 6.92 Å². The Balaban J connectivity index is 1.63. The maximum absolute atomic E-state index is 12.2. The second-order valence-corrected chi connectivity index (χ2v) is 7.39. The van der Waals surface area contributed by atoms with E-state index in [0.717, 1.165) is 24.4 Å². The fraction of sp³-hybridized carbons (Fsp3) is 0.429. The van der Waals surface area contributed by atoms with Crippen molar-refractivity contribution in [2.45, 2.75) is 33.1 Å². The molecule has 1 aliphatic rings. The van der Waals surface area contributed by atoms with Crippen molar-refractivity contribution in [2.75, 3.05) is 0 Å². The number of hydrogen-bond donors (Lipinski definition) is 2. The predicted molar refractivity (Wildman–Crippen MR) is 85.1 cm³/mol. The molecule has 2 aromatic heterocycles. The Bertz CT molecular complexity index is 722. The summed E-state index contributed by atoms with van der Waals surface area (Å²) >= 11 is 2.52. The average molecular weight is 336 g/mol. The summed E-state index contributed by atoms with van der Waals surface area (Å²) < 4.78 is 3.70. The van der Waals surface area contributed by atoms with E-state index in [1.165, 1.54) is 28.2 Å². The molecular weight excluding hydrogens is 320 g/mol. The van der Waals surface area contributed by atoms with Gasteiger partial charge >= 0.3 is 0 Å². The normalized spacial score (nSPS) is 16.9. The van der Waals surface area contributed by atoms with E-state index in [-0.39, 0.29) is 5.91 Å². The highest BCUT2D eigenvalue weighted by Crippen LogP contribution is 2.32. The maximum Gasteiger partial charge on any atom is 0.283 e. The number of aryl methyl sites for hydroxylation is 2. The Kier molecular flexibility index (Phi) is 4.21. The second kappa shape index (κ2) is 6.13. The van der Waals surface area contributed by atoms with Gasteiger partial charge in [0.2, 0.25) is 0 Å². The van der Waals surface area contributed by atoms with E-state index >= 15 is 0 Å². The lowest BCUT2D eigenvalue weighted by Gasteiger charge is -2.16. The Labute approximate surface area is 136 Å². The van der Waals surface area contributed by atoms with Crippen molar-refractivity contribution in [3.63, 3.8) is 0 Å². The van der Waals surface area contributed by atoms with Crippen LogP contribution in [-0.2, 0) is 12.8 Å². The van der Waals surface area contributed by atoms with E-state index in [0.29, 0.717) is 21.4 Å². The summed E-state index contributed by atoms with van der Waals surface area (Å²) in [6.45, 7) is 3.93. The maximum atomic E-state index is 12.2. The molecule has 0 aromatic carbocycles. The first-order valence-electron chi connectivity index (χ1n) is 7.06. The third-order valence-corrected chi connectivity index (χ3v) is 5.76. The van der Waals surface area contributed by atoms with Gasteiger partial charge in [-0.05, 0) is 55.3 Å². The highest BCUT2D eigenvalue weighted by atomic mass is 32.1. The van der Waals surface area contributed by atoms with E-state index in [4.69, 9.17) is 0 Å². The summed E-state index contributed by atoms with van der Waals surface area (Å²) in [6.07, 6.45) is 3.23. The Morgan fingerprint density at radius 3 is 2.82 bits per heavy atom. The number of aromatic nitrogens is 2. The molecule has 1 atom stereocenters. The summed E-state index contributed by atoms with van der Waals surface area (Å²) in [5.74, 6) is -0.00848. The van der Waals surface area contributed by atoms with Gasteiger partial charge in [-0.3, -0.25) is 20.4 Å². The third kappa shape index (κ3) is 3.02. The van der Waals surface area contributed by atoms with Crippen LogP contribution in [0.3, 0.4) is 0 Å². The van der Waals surface area contributed by atoms with Gasteiger partial charge in [0, 0.05) is 4.88 Å². The van der Waals surface area contributed by atoms with E-state index in [2.05, 4.69) is 27.4 Å². The van der Waals surface area contributed by atoms with Gasteiger partial charge in [-0.15, -0.1) is 16.4 Å². The van der Waals surface area contributed by atoms with Gasteiger partial charge < -0.3 is 0 Å². The molecule has 2 heterocycles. The molecule has 0 fully saturated rings. The van der Waals surface area contributed by atoms with Gasteiger partial charge in [-0.2, -0.15) is 0 Å². The van der Waals surface area contributed by atoms with Gasteiger partial charge in [0.1, 0.15) is 4.88 Å². The number of rotatable bonds is 2. The molecule has 0 spiro atoms. The number of carbonyl (C=O) groups is 2. The number of hydrazine groups is 1. The molecule has 8 heteroatoms. The molecule has 116 valence electrons. The van der Waals surface area contributed by atoms with Crippen LogP contribution in [0.15, 0.2) is 6.07 Å². The van der Waals surface area contributed by atoms with Crippen molar-refractivity contribution in [1.29, 1.82) is 0 Å². The molecule has 2 aromatic rings. The van der Waals surface area contributed by atoms with E-state index in [1.807, 2.05) is 6.07 Å². The molecule has 6 nitrogen and oxygen atoms in total. The first-order chi connectivity index (χ1) is 10.5. The number of nitrogens with zero attached hydrogens (tertiary/aromatic N) is 2. The fourth-order valence-electron chi connectivity index (χ4n) is 2.49. The zero-order valence-electron chi connectivity index (χ0n) is 12.3. The Hall–Kier alpha value is -1.80. The van der Waals surface area contributed by atoms with Crippen molar-refractivity contribution in [1.82, 2.24) is 20.4 Å². The van der Waals surface area contributed by atoms with E-state index < -0.39 is 5.91 Å². The van der Waals surface area contributed by atoms with Crippen molar-refractivity contribution >= 4 is 34.7 Å². The van der Waals surface area contributed by atoms with Crippen molar-refractivity contribution in [2.24, 2.45) is 5.92 Å².